The maximum absolute atomic E-state index is 13.2. The maximum atomic E-state index is 13.2. The highest BCUT2D eigenvalue weighted by atomic mass is 32.2. The summed E-state index contributed by atoms with van der Waals surface area (Å²) in [4.78, 5) is 12.7. The summed E-state index contributed by atoms with van der Waals surface area (Å²) in [5.74, 6) is 0.435. The second-order valence-electron chi connectivity index (χ2n) is 8.17. The molecule has 2 bridgehead atoms. The molecule has 0 aromatic rings. The first-order valence-electron chi connectivity index (χ1n) is 9.37. The Morgan fingerprint density at radius 2 is 2.19 bits per heavy atom. The number of ether oxygens (including phenoxy) is 3. The Bertz CT molecular complexity index is 615. The molecule has 6 nitrogen and oxygen atoms in total. The van der Waals surface area contributed by atoms with Crippen LogP contribution >= 0.6 is 0 Å². The molecule has 0 amide bonds. The lowest BCUT2D eigenvalue weighted by molar-refractivity contribution is -0.178. The van der Waals surface area contributed by atoms with Crippen LogP contribution in [0.25, 0.3) is 0 Å². The van der Waals surface area contributed by atoms with Crippen LogP contribution in [0, 0.1) is 16.7 Å². The third-order valence-corrected chi connectivity index (χ3v) is 8.52. The third-order valence-electron chi connectivity index (χ3n) is 6.86. The fourth-order valence-corrected chi connectivity index (χ4v) is 6.99. The largest absolute Gasteiger partial charge is 0.464 e. The zero-order valence-corrected chi connectivity index (χ0v) is 16.8. The molecule has 0 aromatic heterocycles. The van der Waals surface area contributed by atoms with Gasteiger partial charge < -0.3 is 19.3 Å². The highest BCUT2D eigenvalue weighted by Gasteiger charge is 2.64. The van der Waals surface area contributed by atoms with Crippen LogP contribution in [0.1, 0.15) is 46.5 Å². The van der Waals surface area contributed by atoms with E-state index in [1.807, 2.05) is 0 Å². The number of hydrogen-bond acceptors (Lipinski definition) is 6. The molecule has 0 radical (unpaired) electrons. The van der Waals surface area contributed by atoms with E-state index >= 15 is 0 Å². The molecule has 2 fully saturated rings. The SMILES string of the molecule is CCOC(=O)[C@@H]1CC([S@](=O)C[C@]23CC[C@H](C[C@H]2O)C3(C)C)=C[C@H](OC)O1. The van der Waals surface area contributed by atoms with Crippen LogP contribution < -0.4 is 0 Å². The average Bonchev–Trinajstić information content (AvgIpc) is 2.96. The second kappa shape index (κ2) is 7.34. The van der Waals surface area contributed by atoms with E-state index in [0.29, 0.717) is 16.6 Å². The summed E-state index contributed by atoms with van der Waals surface area (Å²) >= 11 is 0. The van der Waals surface area contributed by atoms with Gasteiger partial charge in [0.1, 0.15) is 0 Å². The van der Waals surface area contributed by atoms with Crippen molar-refractivity contribution in [2.24, 2.45) is 16.7 Å². The number of aliphatic hydroxyl groups is 1. The van der Waals surface area contributed by atoms with Crippen LogP contribution in [0.4, 0.5) is 0 Å². The van der Waals surface area contributed by atoms with Crippen LogP contribution in [0.5, 0.6) is 0 Å². The van der Waals surface area contributed by atoms with Gasteiger partial charge in [-0.15, -0.1) is 0 Å². The van der Waals surface area contributed by atoms with Crippen LogP contribution in [0.3, 0.4) is 0 Å². The van der Waals surface area contributed by atoms with Gasteiger partial charge in [0.05, 0.1) is 12.7 Å². The minimum atomic E-state index is -1.31. The number of carbonyl (C=O) groups excluding carboxylic acids is 1. The minimum Gasteiger partial charge on any atom is -0.464 e. The van der Waals surface area contributed by atoms with Crippen molar-refractivity contribution in [2.75, 3.05) is 19.5 Å². The number of fused-ring (bicyclic) bond motifs is 2. The van der Waals surface area contributed by atoms with Crippen molar-refractivity contribution in [3.8, 4) is 0 Å². The Hall–Kier alpha value is -0.760. The molecule has 1 aliphatic heterocycles. The summed E-state index contributed by atoms with van der Waals surface area (Å²) in [6.07, 6.45) is 2.76. The predicted molar refractivity (Wildman–Crippen MR) is 97.6 cm³/mol. The van der Waals surface area contributed by atoms with E-state index in [4.69, 9.17) is 14.2 Å². The lowest BCUT2D eigenvalue weighted by Gasteiger charge is -2.40. The highest BCUT2D eigenvalue weighted by molar-refractivity contribution is 7.89. The highest BCUT2D eigenvalue weighted by Crippen LogP contribution is 2.66. The van der Waals surface area contributed by atoms with Gasteiger partial charge in [-0.25, -0.2) is 4.79 Å². The lowest BCUT2D eigenvalue weighted by atomic mass is 9.70. The van der Waals surface area contributed by atoms with E-state index in [1.54, 1.807) is 13.0 Å². The van der Waals surface area contributed by atoms with Crippen LogP contribution in [-0.4, -0.2) is 53.3 Å². The topological polar surface area (TPSA) is 82.1 Å². The first-order chi connectivity index (χ1) is 12.2. The van der Waals surface area contributed by atoms with Crippen LogP contribution in [0.2, 0.25) is 0 Å². The third kappa shape index (κ3) is 3.17. The fourth-order valence-electron chi connectivity index (χ4n) is 5.02. The number of esters is 1. The van der Waals surface area contributed by atoms with E-state index in [1.165, 1.54) is 7.11 Å². The summed E-state index contributed by atoms with van der Waals surface area (Å²) in [6.45, 7) is 6.39. The van der Waals surface area contributed by atoms with Gasteiger partial charge in [-0.1, -0.05) is 13.8 Å². The van der Waals surface area contributed by atoms with E-state index in [2.05, 4.69) is 13.8 Å². The van der Waals surface area contributed by atoms with Gasteiger partial charge in [0.15, 0.2) is 12.4 Å². The Kier molecular flexibility index (Phi) is 5.64. The van der Waals surface area contributed by atoms with E-state index in [9.17, 15) is 14.1 Å². The Morgan fingerprint density at radius 1 is 1.46 bits per heavy atom. The van der Waals surface area contributed by atoms with E-state index < -0.39 is 35.3 Å². The molecular formula is C19H30O6S. The molecule has 0 spiro atoms. The van der Waals surface area contributed by atoms with Gasteiger partial charge in [-0.2, -0.15) is 0 Å². The van der Waals surface area contributed by atoms with Crippen LogP contribution in [0.15, 0.2) is 11.0 Å². The van der Waals surface area contributed by atoms with Gasteiger partial charge in [-0.05, 0) is 43.6 Å². The summed E-state index contributed by atoms with van der Waals surface area (Å²) < 4.78 is 29.1. The first-order valence-corrected chi connectivity index (χ1v) is 10.7. The quantitative estimate of drug-likeness (QED) is 0.704. The molecule has 0 unspecified atom stereocenters. The molecular weight excluding hydrogens is 356 g/mol. The van der Waals surface area contributed by atoms with Crippen molar-refractivity contribution in [3.63, 3.8) is 0 Å². The standard InChI is InChI=1S/C19H30O6S/c1-5-24-17(21)14-9-13(10-16(23-4)25-14)26(22)11-19-7-6-12(8-15(19)20)18(19,2)3/h10,12,14-16,20H,5-9,11H2,1-4H3/t12-,14+,15-,16-,19-,26-/m1/s1. The fraction of sp³-hybridized carbons (Fsp3) is 0.842. The summed E-state index contributed by atoms with van der Waals surface area (Å²) in [6, 6.07) is 0. The number of aliphatic hydroxyl groups excluding tert-OH is 1. The molecule has 2 aliphatic carbocycles. The van der Waals surface area contributed by atoms with Crippen molar-refractivity contribution in [1.82, 2.24) is 0 Å². The van der Waals surface area contributed by atoms with Gasteiger partial charge in [-0.3, -0.25) is 4.21 Å². The predicted octanol–water partition coefficient (Wildman–Crippen LogP) is 2.13. The Labute approximate surface area is 157 Å². The normalized spacial score (nSPS) is 39.5. The van der Waals surface area contributed by atoms with E-state index in [0.717, 1.165) is 19.3 Å². The van der Waals surface area contributed by atoms with Crippen molar-refractivity contribution in [2.45, 2.75) is 65.0 Å². The molecule has 26 heavy (non-hydrogen) atoms. The van der Waals surface area contributed by atoms with Crippen molar-refractivity contribution >= 4 is 16.8 Å². The van der Waals surface area contributed by atoms with Gasteiger partial charge >= 0.3 is 5.97 Å². The average molecular weight is 387 g/mol. The molecule has 2 saturated carbocycles. The number of rotatable bonds is 6. The molecule has 1 N–H and O–H groups in total. The molecule has 3 rings (SSSR count). The summed E-state index contributed by atoms with van der Waals surface area (Å²) in [7, 11) is 0.179. The molecule has 7 heteroatoms. The van der Waals surface area contributed by atoms with Crippen molar-refractivity contribution in [3.05, 3.63) is 11.0 Å². The number of methoxy groups -OCH3 is 1. The molecule has 6 atom stereocenters. The summed E-state index contributed by atoms with van der Waals surface area (Å²) in [5.41, 5.74) is -0.362. The number of hydrogen-bond donors (Lipinski definition) is 1. The zero-order valence-electron chi connectivity index (χ0n) is 16.0. The van der Waals surface area contributed by atoms with Crippen LogP contribution in [-0.2, 0) is 29.8 Å². The van der Waals surface area contributed by atoms with Crippen molar-refractivity contribution in [1.29, 1.82) is 0 Å². The van der Waals surface area contributed by atoms with E-state index in [-0.39, 0.29) is 23.9 Å². The molecule has 0 saturated heterocycles. The summed E-state index contributed by atoms with van der Waals surface area (Å²) in [5, 5.41) is 10.7. The van der Waals surface area contributed by atoms with Gasteiger partial charge in [0.25, 0.3) is 0 Å². The van der Waals surface area contributed by atoms with Gasteiger partial charge in [0.2, 0.25) is 0 Å². The minimum absolute atomic E-state index is 0.0327. The second-order valence-corrected chi connectivity index (χ2v) is 9.68. The molecule has 148 valence electrons. The Balaban J connectivity index is 1.78. The molecule has 3 aliphatic rings. The smallest absolute Gasteiger partial charge is 0.335 e. The first kappa shape index (κ1) is 20.0. The molecule has 0 aromatic carbocycles. The Morgan fingerprint density at radius 3 is 2.73 bits per heavy atom. The lowest BCUT2D eigenvalue weighted by Crippen LogP contribution is -2.44. The molecule has 1 heterocycles. The number of carbonyl (C=O) groups is 1. The zero-order chi connectivity index (χ0) is 19.1. The maximum Gasteiger partial charge on any atom is 0.335 e. The van der Waals surface area contributed by atoms with Gasteiger partial charge in [0, 0.05) is 40.4 Å². The van der Waals surface area contributed by atoms with Crippen molar-refractivity contribution < 1.29 is 28.3 Å². The monoisotopic (exact) mass is 386 g/mol.